The highest BCUT2D eigenvalue weighted by Crippen LogP contribution is 2.33. The summed E-state index contributed by atoms with van der Waals surface area (Å²) in [6.45, 7) is 7.97. The summed E-state index contributed by atoms with van der Waals surface area (Å²) in [4.78, 5) is 0. The van der Waals surface area contributed by atoms with Gasteiger partial charge in [0.25, 0.3) is 0 Å². The van der Waals surface area contributed by atoms with Crippen molar-refractivity contribution in [1.29, 1.82) is 0 Å². The summed E-state index contributed by atoms with van der Waals surface area (Å²) in [5.41, 5.74) is 0.190. The molecule has 1 aliphatic carbocycles. The van der Waals surface area contributed by atoms with E-state index in [0.717, 1.165) is 32.1 Å². The quantitative estimate of drug-likeness (QED) is 0.597. The van der Waals surface area contributed by atoms with Crippen molar-refractivity contribution in [3.63, 3.8) is 0 Å². The molecule has 62 valence electrons. The van der Waals surface area contributed by atoms with Gasteiger partial charge in [-0.05, 0) is 44.9 Å². The average Bonchev–Trinajstić information content (AvgIpc) is 2.07. The van der Waals surface area contributed by atoms with Crippen molar-refractivity contribution in [2.24, 2.45) is 5.92 Å². The fraction of sp³-hybridized carbons (Fsp3) is 0.800. The van der Waals surface area contributed by atoms with Crippen LogP contribution >= 0.6 is 0 Å². The Bertz CT molecular complexity index is 106. The summed E-state index contributed by atoms with van der Waals surface area (Å²) in [6, 6.07) is 0. The molecule has 0 bridgehead atoms. The van der Waals surface area contributed by atoms with Gasteiger partial charge >= 0.3 is 0 Å². The maximum absolute atomic E-state index is 5.80. The fourth-order valence-corrected chi connectivity index (χ4v) is 1.79. The standard InChI is InChI=1S/C10H17N/c1-4-10(11-3)7-5-9(2)6-8-10/h2-3,9,11H,4-8H2,1H3. The van der Waals surface area contributed by atoms with E-state index in [4.69, 9.17) is 14.0 Å². The van der Waals surface area contributed by atoms with Crippen LogP contribution < -0.4 is 5.32 Å². The lowest BCUT2D eigenvalue weighted by atomic mass is 9.76. The Labute approximate surface area is 70.6 Å². The second-order valence-electron chi connectivity index (χ2n) is 3.62. The summed E-state index contributed by atoms with van der Waals surface area (Å²) >= 11 is 0. The minimum absolute atomic E-state index is 0.190. The Balaban J connectivity index is 2.45. The largest absolute Gasteiger partial charge is 0.305 e. The molecular weight excluding hydrogens is 134 g/mol. The molecule has 0 heterocycles. The third-order valence-corrected chi connectivity index (χ3v) is 2.97. The van der Waals surface area contributed by atoms with Gasteiger partial charge < -0.3 is 5.32 Å². The second kappa shape index (κ2) is 3.57. The van der Waals surface area contributed by atoms with Crippen LogP contribution in [0.2, 0.25) is 0 Å². The van der Waals surface area contributed by atoms with Gasteiger partial charge in [-0.25, -0.2) is 0 Å². The van der Waals surface area contributed by atoms with E-state index in [1.807, 2.05) is 0 Å². The van der Waals surface area contributed by atoms with Gasteiger partial charge in [-0.3, -0.25) is 0 Å². The number of rotatable bonds is 2. The van der Waals surface area contributed by atoms with Gasteiger partial charge in [0.2, 0.25) is 0 Å². The maximum atomic E-state index is 5.80. The lowest BCUT2D eigenvalue weighted by molar-refractivity contribution is 0.218. The predicted molar refractivity (Wildman–Crippen MR) is 46.7 cm³/mol. The molecule has 1 aliphatic rings. The molecular formula is C10H17N. The topological polar surface area (TPSA) is 12.0 Å². The summed E-state index contributed by atoms with van der Waals surface area (Å²) in [6.07, 6.45) is 5.58. The van der Waals surface area contributed by atoms with E-state index < -0.39 is 0 Å². The average molecular weight is 151 g/mol. The number of hydrogen-bond donors (Lipinski definition) is 1. The third kappa shape index (κ3) is 1.96. The highest BCUT2D eigenvalue weighted by molar-refractivity contribution is 4.91. The minimum Gasteiger partial charge on any atom is -0.305 e. The summed E-state index contributed by atoms with van der Waals surface area (Å²) in [7, 11) is 5.50. The smallest absolute Gasteiger partial charge is 0.0412 e. The summed E-state index contributed by atoms with van der Waals surface area (Å²) < 4.78 is 0. The lowest BCUT2D eigenvalue weighted by Crippen LogP contribution is -2.43. The molecule has 1 N–H and O–H groups in total. The normalized spacial score (nSPS) is 39.0. The van der Waals surface area contributed by atoms with Gasteiger partial charge in [0.15, 0.2) is 0 Å². The van der Waals surface area contributed by atoms with Gasteiger partial charge in [0.05, 0.1) is 0 Å². The van der Waals surface area contributed by atoms with Crippen LogP contribution in [0.4, 0.5) is 0 Å². The molecule has 1 nitrogen and oxygen atoms in total. The Morgan fingerprint density at radius 2 is 2.00 bits per heavy atom. The number of nitrogens with one attached hydrogen (secondary N) is 1. The van der Waals surface area contributed by atoms with Crippen molar-refractivity contribution in [2.45, 2.75) is 44.6 Å². The molecule has 0 spiro atoms. The van der Waals surface area contributed by atoms with Crippen molar-refractivity contribution < 1.29 is 0 Å². The molecule has 0 aromatic carbocycles. The van der Waals surface area contributed by atoms with Crippen LogP contribution in [0.25, 0.3) is 0 Å². The Hall–Kier alpha value is -0.0400. The van der Waals surface area contributed by atoms with Crippen LogP contribution in [0.3, 0.4) is 0 Å². The molecule has 0 saturated heterocycles. The molecule has 0 amide bonds. The van der Waals surface area contributed by atoms with Gasteiger partial charge in [0.1, 0.15) is 0 Å². The highest BCUT2D eigenvalue weighted by atomic mass is 14.9. The highest BCUT2D eigenvalue weighted by Gasteiger charge is 2.30. The molecule has 0 aromatic rings. The van der Waals surface area contributed by atoms with Gasteiger partial charge in [0, 0.05) is 12.6 Å². The predicted octanol–water partition coefficient (Wildman–Crippen LogP) is 2.29. The first-order valence-corrected chi connectivity index (χ1v) is 4.46. The Morgan fingerprint density at radius 1 is 1.45 bits per heavy atom. The molecule has 1 rings (SSSR count). The van der Waals surface area contributed by atoms with E-state index in [1.54, 1.807) is 0 Å². The molecule has 11 heavy (non-hydrogen) atoms. The summed E-state index contributed by atoms with van der Waals surface area (Å²) in [5, 5.41) is 2.93. The monoisotopic (exact) mass is 151 g/mol. The van der Waals surface area contributed by atoms with Crippen molar-refractivity contribution in [3.8, 4) is 0 Å². The van der Waals surface area contributed by atoms with E-state index in [9.17, 15) is 0 Å². The molecule has 0 unspecified atom stereocenters. The first-order chi connectivity index (χ1) is 5.22. The van der Waals surface area contributed by atoms with Crippen molar-refractivity contribution in [1.82, 2.24) is 5.32 Å². The van der Waals surface area contributed by atoms with Crippen molar-refractivity contribution in [2.75, 3.05) is 0 Å². The second-order valence-corrected chi connectivity index (χ2v) is 3.62. The fourth-order valence-electron chi connectivity index (χ4n) is 1.79. The van der Waals surface area contributed by atoms with E-state index in [-0.39, 0.29) is 5.54 Å². The zero-order valence-electron chi connectivity index (χ0n) is 7.27. The third-order valence-electron chi connectivity index (χ3n) is 2.97. The Morgan fingerprint density at radius 3 is 2.36 bits per heavy atom. The van der Waals surface area contributed by atoms with Gasteiger partial charge in [-0.2, -0.15) is 0 Å². The summed E-state index contributed by atoms with van der Waals surface area (Å²) in [5.74, 6) is 0.406. The van der Waals surface area contributed by atoms with E-state index in [0.29, 0.717) is 5.92 Å². The SMILES string of the molecule is [CH]NC1(CC)CCC([CH])CC1. The molecule has 1 saturated carbocycles. The zero-order chi connectivity index (χ0) is 8.32. The van der Waals surface area contributed by atoms with E-state index in [2.05, 4.69) is 12.2 Å². The number of hydrogen-bond acceptors (Lipinski definition) is 1. The van der Waals surface area contributed by atoms with E-state index >= 15 is 0 Å². The molecule has 4 radical (unpaired) electrons. The zero-order valence-corrected chi connectivity index (χ0v) is 7.27. The van der Waals surface area contributed by atoms with Gasteiger partial charge in [-0.1, -0.05) is 6.92 Å². The molecule has 0 aliphatic heterocycles. The first-order valence-electron chi connectivity index (χ1n) is 4.46. The van der Waals surface area contributed by atoms with Crippen LogP contribution in [-0.4, -0.2) is 5.54 Å². The van der Waals surface area contributed by atoms with Crippen LogP contribution in [0.5, 0.6) is 0 Å². The molecule has 1 heteroatoms. The molecule has 0 atom stereocenters. The van der Waals surface area contributed by atoms with Crippen molar-refractivity contribution >= 4 is 0 Å². The molecule has 1 fully saturated rings. The first kappa shape index (κ1) is 9.05. The van der Waals surface area contributed by atoms with Gasteiger partial charge in [-0.15, -0.1) is 0 Å². The van der Waals surface area contributed by atoms with Crippen molar-refractivity contribution in [3.05, 3.63) is 14.0 Å². The van der Waals surface area contributed by atoms with Crippen LogP contribution in [0, 0.1) is 19.9 Å². The maximum Gasteiger partial charge on any atom is 0.0412 e. The Kier molecular flexibility index (Phi) is 2.94. The van der Waals surface area contributed by atoms with Crippen LogP contribution in [-0.2, 0) is 0 Å². The van der Waals surface area contributed by atoms with E-state index in [1.165, 1.54) is 0 Å². The van der Waals surface area contributed by atoms with Crippen LogP contribution in [0.1, 0.15) is 39.0 Å². The lowest BCUT2D eigenvalue weighted by Gasteiger charge is -2.38. The molecule has 0 aromatic heterocycles. The minimum atomic E-state index is 0.190. The van der Waals surface area contributed by atoms with Crippen LogP contribution in [0.15, 0.2) is 0 Å².